The number of nitrogens with zero attached hydrogens (tertiary/aromatic N) is 4. The maximum atomic E-state index is 12.0. The molecule has 2 aliphatic rings. The van der Waals surface area contributed by atoms with Gasteiger partial charge in [0.15, 0.2) is 23.0 Å². The minimum Gasteiger partial charge on any atom is -0.449 e. The van der Waals surface area contributed by atoms with E-state index in [1.807, 2.05) is 30.3 Å². The number of ether oxygens (including phenoxy) is 1. The zero-order chi connectivity index (χ0) is 21.5. The molecule has 0 spiro atoms. The minimum absolute atomic E-state index is 0.209. The van der Waals surface area contributed by atoms with Crippen LogP contribution >= 0.6 is 0 Å². The van der Waals surface area contributed by atoms with E-state index in [0.717, 1.165) is 53.2 Å². The standard InChI is InChI=1S/C24H21N5O3/c30-19-4-1-15-13-16(2-3-17(15)19)27-22-18-5-7-25-14-20(18)32-23(22)24-26-8-6-21(28-24)29-9-11-31-12-10-29/h2-3,5-8,13-14,27H,1,4,9-12H2. The van der Waals surface area contributed by atoms with E-state index in [1.165, 1.54) is 0 Å². The topological polar surface area (TPSA) is 93.4 Å². The lowest BCUT2D eigenvalue weighted by Crippen LogP contribution is -2.36. The number of aromatic nitrogens is 3. The van der Waals surface area contributed by atoms with Crippen LogP contribution in [0.25, 0.3) is 22.6 Å². The quantitative estimate of drug-likeness (QED) is 0.523. The largest absolute Gasteiger partial charge is 0.449 e. The molecule has 1 saturated heterocycles. The summed E-state index contributed by atoms with van der Waals surface area (Å²) in [6.07, 6.45) is 6.53. The van der Waals surface area contributed by atoms with Crippen LogP contribution in [0.15, 0.2) is 53.3 Å². The summed E-state index contributed by atoms with van der Waals surface area (Å²) in [7, 11) is 0. The number of ketones is 1. The second kappa shape index (κ2) is 7.72. The Bertz CT molecular complexity index is 1330. The van der Waals surface area contributed by atoms with Gasteiger partial charge in [-0.2, -0.15) is 0 Å². The van der Waals surface area contributed by atoms with Crippen molar-refractivity contribution in [2.24, 2.45) is 0 Å². The normalized spacial score (nSPS) is 15.9. The van der Waals surface area contributed by atoms with E-state index in [9.17, 15) is 4.79 Å². The van der Waals surface area contributed by atoms with E-state index < -0.39 is 0 Å². The van der Waals surface area contributed by atoms with Gasteiger partial charge in [-0.05, 0) is 42.3 Å². The van der Waals surface area contributed by atoms with Crippen molar-refractivity contribution < 1.29 is 13.9 Å². The molecule has 3 aromatic heterocycles. The second-order valence-corrected chi connectivity index (χ2v) is 7.94. The Labute approximate surface area is 184 Å². The number of aryl methyl sites for hydroxylation is 1. The van der Waals surface area contributed by atoms with Crippen LogP contribution in [0.1, 0.15) is 22.3 Å². The Morgan fingerprint density at radius 1 is 1.03 bits per heavy atom. The first kappa shape index (κ1) is 18.9. The molecule has 0 amide bonds. The lowest BCUT2D eigenvalue weighted by molar-refractivity contribution is 0.0994. The van der Waals surface area contributed by atoms with E-state index in [-0.39, 0.29) is 5.78 Å². The van der Waals surface area contributed by atoms with Crippen LogP contribution in [-0.2, 0) is 11.2 Å². The Morgan fingerprint density at radius 2 is 1.94 bits per heavy atom. The predicted octanol–water partition coefficient (Wildman–Crippen LogP) is 3.99. The summed E-state index contributed by atoms with van der Waals surface area (Å²) in [5, 5.41) is 4.39. The van der Waals surface area contributed by atoms with Gasteiger partial charge >= 0.3 is 0 Å². The highest BCUT2D eigenvalue weighted by molar-refractivity contribution is 6.02. The van der Waals surface area contributed by atoms with Gasteiger partial charge in [-0.3, -0.25) is 9.78 Å². The number of hydrogen-bond donors (Lipinski definition) is 1. The number of Topliss-reactive ketones (excluding diaryl/α,β-unsaturated/α-hetero) is 1. The van der Waals surface area contributed by atoms with E-state index in [0.29, 0.717) is 36.8 Å². The van der Waals surface area contributed by atoms with Gasteiger partial charge in [0.05, 0.1) is 25.1 Å². The summed E-state index contributed by atoms with van der Waals surface area (Å²) in [4.78, 5) is 27.7. The Kier molecular flexibility index (Phi) is 4.57. The van der Waals surface area contributed by atoms with Gasteiger partial charge in [0.25, 0.3) is 0 Å². The van der Waals surface area contributed by atoms with Crippen LogP contribution < -0.4 is 10.2 Å². The highest BCUT2D eigenvalue weighted by Gasteiger charge is 2.23. The van der Waals surface area contributed by atoms with E-state index in [4.69, 9.17) is 14.1 Å². The summed E-state index contributed by atoms with van der Waals surface area (Å²) in [6, 6.07) is 9.68. The molecule has 0 atom stereocenters. The van der Waals surface area contributed by atoms with Gasteiger partial charge in [-0.15, -0.1) is 0 Å². The van der Waals surface area contributed by atoms with Crippen molar-refractivity contribution in [3.8, 4) is 11.6 Å². The van der Waals surface area contributed by atoms with Crippen molar-refractivity contribution in [3.05, 3.63) is 60.0 Å². The highest BCUT2D eigenvalue weighted by Crippen LogP contribution is 2.39. The molecule has 1 aromatic carbocycles. The smallest absolute Gasteiger partial charge is 0.199 e. The van der Waals surface area contributed by atoms with Gasteiger partial charge in [0, 0.05) is 48.5 Å². The molecule has 4 heterocycles. The first-order valence-corrected chi connectivity index (χ1v) is 10.7. The van der Waals surface area contributed by atoms with E-state index >= 15 is 0 Å². The molecular formula is C24H21N5O3. The molecule has 0 unspecified atom stereocenters. The molecule has 0 saturated carbocycles. The number of hydrogen-bond acceptors (Lipinski definition) is 8. The fourth-order valence-electron chi connectivity index (χ4n) is 4.34. The maximum Gasteiger partial charge on any atom is 0.199 e. The van der Waals surface area contributed by atoms with Crippen molar-refractivity contribution in [1.29, 1.82) is 0 Å². The second-order valence-electron chi connectivity index (χ2n) is 7.94. The molecule has 160 valence electrons. The molecule has 1 N–H and O–H groups in total. The molecule has 0 radical (unpaired) electrons. The van der Waals surface area contributed by atoms with Gasteiger partial charge in [-0.1, -0.05) is 0 Å². The lowest BCUT2D eigenvalue weighted by atomic mass is 10.1. The minimum atomic E-state index is 0.209. The Hall–Kier alpha value is -3.78. The number of benzene rings is 1. The summed E-state index contributed by atoms with van der Waals surface area (Å²) in [6.45, 7) is 2.95. The van der Waals surface area contributed by atoms with E-state index in [1.54, 1.807) is 18.6 Å². The molecule has 4 aromatic rings. The number of carbonyl (C=O) groups excluding carboxylic acids is 1. The molecule has 32 heavy (non-hydrogen) atoms. The van der Waals surface area contributed by atoms with Gasteiger partial charge in [-0.25, -0.2) is 9.97 Å². The van der Waals surface area contributed by atoms with Crippen molar-refractivity contribution in [3.63, 3.8) is 0 Å². The third-order valence-electron chi connectivity index (χ3n) is 5.97. The molecule has 1 aliphatic carbocycles. The monoisotopic (exact) mass is 427 g/mol. The lowest BCUT2D eigenvalue weighted by Gasteiger charge is -2.27. The average molecular weight is 427 g/mol. The number of furan rings is 1. The summed E-state index contributed by atoms with van der Waals surface area (Å²) >= 11 is 0. The Morgan fingerprint density at radius 3 is 2.84 bits per heavy atom. The fraction of sp³-hybridized carbons (Fsp3) is 0.250. The first-order chi connectivity index (χ1) is 15.8. The van der Waals surface area contributed by atoms with Crippen molar-refractivity contribution in [2.45, 2.75) is 12.8 Å². The third kappa shape index (κ3) is 3.29. The highest BCUT2D eigenvalue weighted by atomic mass is 16.5. The van der Waals surface area contributed by atoms with Crippen molar-refractivity contribution in [1.82, 2.24) is 15.0 Å². The SMILES string of the molecule is O=C1CCc2cc(Nc3c(-c4nccc(N5CCOCC5)n4)oc4cnccc34)ccc21. The summed E-state index contributed by atoms with van der Waals surface area (Å²) < 4.78 is 11.6. The number of nitrogens with one attached hydrogen (secondary N) is 1. The van der Waals surface area contributed by atoms with Crippen LogP contribution in [0, 0.1) is 0 Å². The van der Waals surface area contributed by atoms with E-state index in [2.05, 4.69) is 20.2 Å². The fourth-order valence-corrected chi connectivity index (χ4v) is 4.34. The molecular weight excluding hydrogens is 406 g/mol. The number of carbonyl (C=O) groups is 1. The molecule has 8 heteroatoms. The molecule has 8 nitrogen and oxygen atoms in total. The molecule has 1 fully saturated rings. The summed E-state index contributed by atoms with van der Waals surface area (Å²) in [5.41, 5.74) is 4.22. The van der Waals surface area contributed by atoms with Gasteiger partial charge < -0.3 is 19.4 Å². The average Bonchev–Trinajstić information content (AvgIpc) is 3.40. The van der Waals surface area contributed by atoms with Gasteiger partial charge in [0.2, 0.25) is 0 Å². The first-order valence-electron chi connectivity index (χ1n) is 10.7. The number of fused-ring (bicyclic) bond motifs is 2. The van der Waals surface area contributed by atoms with Crippen LogP contribution in [0.2, 0.25) is 0 Å². The van der Waals surface area contributed by atoms with Crippen LogP contribution in [-0.4, -0.2) is 47.0 Å². The zero-order valence-corrected chi connectivity index (χ0v) is 17.4. The number of rotatable bonds is 4. The van der Waals surface area contributed by atoms with Crippen LogP contribution in [0.5, 0.6) is 0 Å². The predicted molar refractivity (Wildman–Crippen MR) is 120 cm³/mol. The molecule has 0 bridgehead atoms. The number of pyridine rings is 1. The van der Waals surface area contributed by atoms with Gasteiger partial charge in [0.1, 0.15) is 5.82 Å². The maximum absolute atomic E-state index is 12.0. The summed E-state index contributed by atoms with van der Waals surface area (Å²) in [5.74, 6) is 2.11. The number of anilines is 3. The zero-order valence-electron chi connectivity index (χ0n) is 17.4. The van der Waals surface area contributed by atoms with Crippen molar-refractivity contribution in [2.75, 3.05) is 36.5 Å². The van der Waals surface area contributed by atoms with Crippen LogP contribution in [0.4, 0.5) is 17.2 Å². The third-order valence-corrected chi connectivity index (χ3v) is 5.97. The Balaban J connectivity index is 1.42. The van der Waals surface area contributed by atoms with Crippen LogP contribution in [0.3, 0.4) is 0 Å². The van der Waals surface area contributed by atoms with Crippen molar-refractivity contribution >= 4 is 33.9 Å². The molecule has 1 aliphatic heterocycles. The number of morpholine rings is 1. The molecule has 6 rings (SSSR count).